The van der Waals surface area contributed by atoms with Gasteiger partial charge in [-0.25, -0.2) is 8.42 Å². The second-order valence-electron chi connectivity index (χ2n) is 7.51. The Labute approximate surface area is 193 Å². The summed E-state index contributed by atoms with van der Waals surface area (Å²) in [5.74, 6) is 0.295. The van der Waals surface area contributed by atoms with Crippen LogP contribution in [-0.2, 0) is 21.2 Å². The molecule has 0 aliphatic heterocycles. The van der Waals surface area contributed by atoms with E-state index in [0.717, 1.165) is 39.7 Å². The fourth-order valence-electron chi connectivity index (χ4n) is 3.70. The molecule has 3 aromatic rings. The van der Waals surface area contributed by atoms with Crippen molar-refractivity contribution >= 4 is 27.3 Å². The molecule has 0 bridgehead atoms. The van der Waals surface area contributed by atoms with Gasteiger partial charge >= 0.3 is 0 Å². The number of ether oxygens (including phenoxy) is 1. The molecule has 0 spiro atoms. The third kappa shape index (κ3) is 5.01. The molecule has 0 saturated carbocycles. The Morgan fingerprint density at radius 2 is 1.70 bits per heavy atom. The van der Waals surface area contributed by atoms with Crippen LogP contribution in [0.4, 0.5) is 5.69 Å². The molecular formula is C25H25N3O4S. The number of para-hydroxylation sites is 1. The first-order valence-electron chi connectivity index (χ1n) is 10.5. The molecule has 1 amide bonds. The summed E-state index contributed by atoms with van der Waals surface area (Å²) in [5, 5.41) is 0. The molecule has 170 valence electrons. The number of nitrogens with one attached hydrogen (secondary N) is 2. The molecule has 0 radical (unpaired) electrons. The average Bonchev–Trinajstić information content (AvgIpc) is 2.86. The maximum absolute atomic E-state index is 13.3. The summed E-state index contributed by atoms with van der Waals surface area (Å²) < 4.78 is 33.0. The van der Waals surface area contributed by atoms with Gasteiger partial charge in [-0.3, -0.25) is 20.0 Å². The minimum atomic E-state index is -3.93. The molecule has 33 heavy (non-hydrogen) atoms. The van der Waals surface area contributed by atoms with Gasteiger partial charge in [-0.05, 0) is 60.9 Å². The number of allylic oxidation sites excluding steroid dienone is 1. The molecule has 3 aromatic carbocycles. The van der Waals surface area contributed by atoms with Crippen molar-refractivity contribution in [3.8, 4) is 5.75 Å². The van der Waals surface area contributed by atoms with Gasteiger partial charge in [0.2, 0.25) is 0 Å². The molecule has 0 heterocycles. The number of amides is 1. The van der Waals surface area contributed by atoms with Crippen LogP contribution in [0.3, 0.4) is 0 Å². The van der Waals surface area contributed by atoms with E-state index < -0.39 is 15.9 Å². The van der Waals surface area contributed by atoms with Crippen LogP contribution in [0.5, 0.6) is 5.75 Å². The summed E-state index contributed by atoms with van der Waals surface area (Å²) >= 11 is 0. The molecule has 0 atom stereocenters. The van der Waals surface area contributed by atoms with Gasteiger partial charge in [0, 0.05) is 5.56 Å². The Morgan fingerprint density at radius 3 is 2.39 bits per heavy atom. The maximum atomic E-state index is 13.3. The predicted octanol–water partition coefficient (Wildman–Crippen LogP) is 3.50. The van der Waals surface area contributed by atoms with E-state index in [0.29, 0.717) is 5.69 Å². The largest absolute Gasteiger partial charge is 0.497 e. The lowest BCUT2D eigenvalue weighted by Crippen LogP contribution is -2.45. The van der Waals surface area contributed by atoms with Crippen LogP contribution in [0.15, 0.2) is 89.8 Å². The first-order valence-corrected chi connectivity index (χ1v) is 12.0. The van der Waals surface area contributed by atoms with Gasteiger partial charge in [0.25, 0.3) is 15.9 Å². The molecular weight excluding hydrogens is 438 g/mol. The van der Waals surface area contributed by atoms with Gasteiger partial charge in [-0.1, -0.05) is 42.5 Å². The molecule has 7 nitrogen and oxygen atoms in total. The number of hydrogen-bond acceptors (Lipinski definition) is 5. The van der Waals surface area contributed by atoms with Crippen molar-refractivity contribution in [2.24, 2.45) is 0 Å². The summed E-state index contributed by atoms with van der Waals surface area (Å²) in [4.78, 5) is 13.0. The van der Waals surface area contributed by atoms with Crippen LogP contribution in [0.2, 0.25) is 0 Å². The zero-order chi connectivity index (χ0) is 23.3. The van der Waals surface area contributed by atoms with E-state index in [-0.39, 0.29) is 11.4 Å². The number of sulfonamides is 1. The van der Waals surface area contributed by atoms with E-state index in [1.165, 1.54) is 12.1 Å². The van der Waals surface area contributed by atoms with Gasteiger partial charge in [-0.15, -0.1) is 0 Å². The summed E-state index contributed by atoms with van der Waals surface area (Å²) in [6, 6.07) is 22.4. The summed E-state index contributed by atoms with van der Waals surface area (Å²) in [7, 11) is -2.31. The lowest BCUT2D eigenvalue weighted by atomic mass is 9.95. The smallest absolute Gasteiger partial charge is 0.264 e. The molecule has 1 aliphatic carbocycles. The number of methoxy groups -OCH3 is 1. The van der Waals surface area contributed by atoms with Gasteiger partial charge in [0.15, 0.2) is 0 Å². The first kappa shape index (κ1) is 22.4. The van der Waals surface area contributed by atoms with Crippen molar-refractivity contribution in [1.82, 2.24) is 10.9 Å². The average molecular weight is 464 g/mol. The van der Waals surface area contributed by atoms with Crippen molar-refractivity contribution in [2.45, 2.75) is 17.7 Å². The summed E-state index contributed by atoms with van der Waals surface area (Å²) in [5.41, 5.74) is 8.88. The number of carbonyl (C=O) groups is 1. The minimum Gasteiger partial charge on any atom is -0.497 e. The van der Waals surface area contributed by atoms with Crippen molar-refractivity contribution in [1.29, 1.82) is 0 Å². The summed E-state index contributed by atoms with van der Waals surface area (Å²) in [6.07, 6.45) is 3.70. The molecule has 1 aliphatic rings. The molecule has 8 heteroatoms. The lowest BCUT2D eigenvalue weighted by Gasteiger charge is -2.25. The Balaban J connectivity index is 1.51. The molecule has 0 unspecified atom stereocenters. The number of hydrazine groups is 1. The third-order valence-corrected chi connectivity index (χ3v) is 7.15. The zero-order valence-electron chi connectivity index (χ0n) is 18.2. The fraction of sp³-hybridized carbons (Fsp3) is 0.160. The van der Waals surface area contributed by atoms with Gasteiger partial charge in [0.05, 0.1) is 23.4 Å². The van der Waals surface area contributed by atoms with Crippen LogP contribution >= 0.6 is 0 Å². The molecule has 0 saturated heterocycles. The van der Waals surface area contributed by atoms with E-state index in [2.05, 4.69) is 10.9 Å². The standard InChI is InChI=1S/C25H25N3O4S/c1-32-21-15-16-23-19(17-21)9-8-14-24(23)26-27-25(29)18-28(20-10-4-2-5-11-20)33(30,31)22-12-6-3-7-13-22/h2-7,10-17,26H,8-9,18H2,1H3,(H,27,29). The Kier molecular flexibility index (Phi) is 6.65. The Bertz CT molecular complexity index is 1260. The van der Waals surface area contributed by atoms with Crippen LogP contribution < -0.4 is 19.9 Å². The van der Waals surface area contributed by atoms with Crippen LogP contribution in [-0.4, -0.2) is 28.0 Å². The van der Waals surface area contributed by atoms with Crippen molar-refractivity contribution < 1.29 is 17.9 Å². The minimum absolute atomic E-state index is 0.118. The number of rotatable bonds is 8. The Morgan fingerprint density at radius 1 is 1.00 bits per heavy atom. The van der Waals surface area contributed by atoms with Crippen molar-refractivity contribution in [3.63, 3.8) is 0 Å². The topological polar surface area (TPSA) is 87.7 Å². The number of fused-ring (bicyclic) bond motifs is 1. The summed E-state index contributed by atoms with van der Waals surface area (Å²) in [6.45, 7) is -0.378. The number of carbonyl (C=O) groups excluding carboxylic acids is 1. The van der Waals surface area contributed by atoms with Crippen molar-refractivity contribution in [3.05, 3.63) is 96.1 Å². The number of anilines is 1. The lowest BCUT2D eigenvalue weighted by molar-refractivity contribution is -0.120. The quantitative estimate of drug-likeness (QED) is 0.500. The monoisotopic (exact) mass is 463 g/mol. The molecule has 0 aromatic heterocycles. The highest BCUT2D eigenvalue weighted by Gasteiger charge is 2.27. The Hall–Kier alpha value is -3.78. The van der Waals surface area contributed by atoms with Crippen LogP contribution in [0, 0.1) is 0 Å². The van der Waals surface area contributed by atoms with Gasteiger partial charge in [-0.2, -0.15) is 0 Å². The number of nitrogens with zero attached hydrogens (tertiary/aromatic N) is 1. The predicted molar refractivity (Wildman–Crippen MR) is 128 cm³/mol. The van der Waals surface area contributed by atoms with Crippen LogP contribution in [0.25, 0.3) is 5.70 Å². The second kappa shape index (κ2) is 9.79. The highest BCUT2D eigenvalue weighted by molar-refractivity contribution is 7.92. The number of aryl methyl sites for hydroxylation is 1. The van der Waals surface area contributed by atoms with E-state index in [1.54, 1.807) is 55.6 Å². The second-order valence-corrected chi connectivity index (χ2v) is 9.38. The number of benzene rings is 3. The van der Waals surface area contributed by atoms with E-state index >= 15 is 0 Å². The molecule has 4 rings (SSSR count). The fourth-order valence-corrected chi connectivity index (χ4v) is 5.15. The molecule has 2 N–H and O–H groups in total. The van der Waals surface area contributed by atoms with Gasteiger partial charge < -0.3 is 4.74 Å². The van der Waals surface area contributed by atoms with E-state index in [9.17, 15) is 13.2 Å². The highest BCUT2D eigenvalue weighted by atomic mass is 32.2. The van der Waals surface area contributed by atoms with E-state index in [1.807, 2.05) is 24.3 Å². The van der Waals surface area contributed by atoms with Crippen LogP contribution in [0.1, 0.15) is 17.5 Å². The maximum Gasteiger partial charge on any atom is 0.264 e. The van der Waals surface area contributed by atoms with Crippen molar-refractivity contribution in [2.75, 3.05) is 18.0 Å². The number of hydrogen-bond donors (Lipinski definition) is 2. The normalized spacial score (nSPS) is 12.8. The highest BCUT2D eigenvalue weighted by Crippen LogP contribution is 2.28. The first-order chi connectivity index (χ1) is 16.0. The zero-order valence-corrected chi connectivity index (χ0v) is 19.0. The van der Waals surface area contributed by atoms with E-state index in [4.69, 9.17) is 4.74 Å². The van der Waals surface area contributed by atoms with Gasteiger partial charge in [0.1, 0.15) is 12.3 Å². The third-order valence-electron chi connectivity index (χ3n) is 5.36. The molecule has 0 fully saturated rings. The SMILES string of the molecule is COc1ccc2c(c1)CCC=C2NNC(=O)CN(c1ccccc1)S(=O)(=O)c1ccccc1.